The van der Waals surface area contributed by atoms with Crippen LogP contribution >= 0.6 is 0 Å². The SMILES string of the molecule is CNC(CCc1ccc(C)cc1)c1nccn1C. The normalized spacial score (nSPS) is 12.6. The van der Waals surface area contributed by atoms with Crippen LogP contribution in [0.2, 0.25) is 0 Å². The number of aryl methyl sites for hydroxylation is 3. The summed E-state index contributed by atoms with van der Waals surface area (Å²) in [5, 5.41) is 3.34. The van der Waals surface area contributed by atoms with Crippen molar-refractivity contribution < 1.29 is 0 Å². The van der Waals surface area contributed by atoms with E-state index in [1.54, 1.807) is 0 Å². The molecule has 1 atom stereocenters. The molecule has 0 amide bonds. The van der Waals surface area contributed by atoms with Crippen LogP contribution in [0.4, 0.5) is 0 Å². The summed E-state index contributed by atoms with van der Waals surface area (Å²) in [5.41, 5.74) is 2.70. The van der Waals surface area contributed by atoms with Crippen LogP contribution < -0.4 is 5.32 Å². The van der Waals surface area contributed by atoms with Crippen molar-refractivity contribution in [1.29, 1.82) is 0 Å². The molecule has 0 bridgehead atoms. The molecule has 18 heavy (non-hydrogen) atoms. The lowest BCUT2D eigenvalue weighted by molar-refractivity contribution is 0.505. The van der Waals surface area contributed by atoms with E-state index < -0.39 is 0 Å². The van der Waals surface area contributed by atoms with Crippen molar-refractivity contribution in [3.63, 3.8) is 0 Å². The molecule has 3 heteroatoms. The average Bonchev–Trinajstić information content (AvgIpc) is 2.79. The van der Waals surface area contributed by atoms with Gasteiger partial charge < -0.3 is 9.88 Å². The molecule has 2 aromatic rings. The molecule has 1 aromatic heterocycles. The van der Waals surface area contributed by atoms with Crippen LogP contribution in [0, 0.1) is 6.92 Å². The number of aromatic nitrogens is 2. The molecule has 0 fully saturated rings. The second-order valence-corrected chi connectivity index (χ2v) is 4.76. The van der Waals surface area contributed by atoms with Gasteiger partial charge in [0.05, 0.1) is 6.04 Å². The smallest absolute Gasteiger partial charge is 0.125 e. The number of nitrogens with one attached hydrogen (secondary N) is 1. The Kier molecular flexibility index (Phi) is 4.15. The minimum absolute atomic E-state index is 0.311. The first-order valence-corrected chi connectivity index (χ1v) is 6.40. The van der Waals surface area contributed by atoms with Crippen molar-refractivity contribution in [3.8, 4) is 0 Å². The summed E-state index contributed by atoms with van der Waals surface area (Å²) in [5.74, 6) is 1.10. The van der Waals surface area contributed by atoms with Gasteiger partial charge in [0.2, 0.25) is 0 Å². The number of hydrogen-bond acceptors (Lipinski definition) is 2. The highest BCUT2D eigenvalue weighted by Gasteiger charge is 2.13. The van der Waals surface area contributed by atoms with Gasteiger partial charge in [-0.15, -0.1) is 0 Å². The third-order valence-corrected chi connectivity index (χ3v) is 3.36. The predicted octanol–water partition coefficient (Wildman–Crippen LogP) is 2.62. The lowest BCUT2D eigenvalue weighted by atomic mass is 10.0. The van der Waals surface area contributed by atoms with E-state index in [0.29, 0.717) is 6.04 Å². The molecule has 1 unspecified atom stereocenters. The maximum atomic E-state index is 4.41. The molecule has 2 rings (SSSR count). The zero-order valence-electron chi connectivity index (χ0n) is 11.4. The summed E-state index contributed by atoms with van der Waals surface area (Å²) < 4.78 is 2.08. The molecular weight excluding hydrogens is 222 g/mol. The largest absolute Gasteiger partial charge is 0.337 e. The Hall–Kier alpha value is -1.61. The maximum Gasteiger partial charge on any atom is 0.125 e. The van der Waals surface area contributed by atoms with Gasteiger partial charge in [-0.25, -0.2) is 4.98 Å². The van der Waals surface area contributed by atoms with E-state index in [9.17, 15) is 0 Å². The molecular formula is C15H21N3. The van der Waals surface area contributed by atoms with Gasteiger partial charge in [0.25, 0.3) is 0 Å². The first kappa shape index (κ1) is 12.8. The molecule has 0 aliphatic carbocycles. The van der Waals surface area contributed by atoms with E-state index in [2.05, 4.69) is 46.1 Å². The highest BCUT2D eigenvalue weighted by Crippen LogP contribution is 2.17. The fourth-order valence-electron chi connectivity index (χ4n) is 2.18. The summed E-state index contributed by atoms with van der Waals surface area (Å²) >= 11 is 0. The van der Waals surface area contributed by atoms with E-state index in [-0.39, 0.29) is 0 Å². The zero-order chi connectivity index (χ0) is 13.0. The van der Waals surface area contributed by atoms with Crippen LogP contribution in [0.3, 0.4) is 0 Å². The number of rotatable bonds is 5. The number of imidazole rings is 1. The highest BCUT2D eigenvalue weighted by molar-refractivity contribution is 5.21. The summed E-state index contributed by atoms with van der Waals surface area (Å²) in [7, 11) is 4.03. The summed E-state index contributed by atoms with van der Waals surface area (Å²) in [6.45, 7) is 2.12. The van der Waals surface area contributed by atoms with Crippen LogP contribution in [0.5, 0.6) is 0 Å². The second-order valence-electron chi connectivity index (χ2n) is 4.76. The molecule has 0 saturated carbocycles. The molecule has 0 aliphatic rings. The molecule has 0 spiro atoms. The van der Waals surface area contributed by atoms with Gasteiger partial charge in [-0.1, -0.05) is 29.8 Å². The standard InChI is InChI=1S/C15H21N3/c1-12-4-6-13(7-5-12)8-9-14(16-2)15-17-10-11-18(15)3/h4-7,10-11,14,16H,8-9H2,1-3H3. The average molecular weight is 243 g/mol. The van der Waals surface area contributed by atoms with E-state index >= 15 is 0 Å². The summed E-state index contributed by atoms with van der Waals surface area (Å²) in [6, 6.07) is 9.07. The Balaban J connectivity index is 2.00. The molecule has 3 nitrogen and oxygen atoms in total. The van der Waals surface area contributed by atoms with Crippen LogP contribution in [0.25, 0.3) is 0 Å². The molecule has 0 aliphatic heterocycles. The molecule has 0 saturated heterocycles. The predicted molar refractivity (Wildman–Crippen MR) is 74.5 cm³/mol. The Morgan fingerprint density at radius 3 is 2.56 bits per heavy atom. The van der Waals surface area contributed by atoms with Crippen molar-refractivity contribution in [2.24, 2.45) is 7.05 Å². The van der Waals surface area contributed by atoms with Gasteiger partial charge in [0, 0.05) is 19.4 Å². The second kappa shape index (κ2) is 5.83. The first-order valence-electron chi connectivity index (χ1n) is 6.40. The fraction of sp³-hybridized carbons (Fsp3) is 0.400. The monoisotopic (exact) mass is 243 g/mol. The third kappa shape index (κ3) is 2.99. The van der Waals surface area contributed by atoms with E-state index in [1.165, 1.54) is 11.1 Å². The van der Waals surface area contributed by atoms with Gasteiger partial charge in [-0.05, 0) is 32.4 Å². The van der Waals surface area contributed by atoms with Crippen molar-refractivity contribution in [2.75, 3.05) is 7.05 Å². The van der Waals surface area contributed by atoms with E-state index in [4.69, 9.17) is 0 Å². The lowest BCUT2D eigenvalue weighted by Gasteiger charge is -2.16. The Morgan fingerprint density at radius 1 is 1.28 bits per heavy atom. The molecule has 1 N–H and O–H groups in total. The molecule has 1 heterocycles. The summed E-state index contributed by atoms with van der Waals surface area (Å²) in [6.07, 6.45) is 5.97. The van der Waals surface area contributed by atoms with Crippen LogP contribution in [-0.2, 0) is 13.5 Å². The van der Waals surface area contributed by atoms with Gasteiger partial charge in [-0.2, -0.15) is 0 Å². The number of hydrogen-bond donors (Lipinski definition) is 1. The van der Waals surface area contributed by atoms with Crippen molar-refractivity contribution in [2.45, 2.75) is 25.8 Å². The summed E-state index contributed by atoms with van der Waals surface area (Å²) in [4.78, 5) is 4.41. The van der Waals surface area contributed by atoms with Gasteiger partial charge in [0.15, 0.2) is 0 Å². The van der Waals surface area contributed by atoms with Crippen LogP contribution in [0.15, 0.2) is 36.7 Å². The maximum absolute atomic E-state index is 4.41. The fourth-order valence-corrected chi connectivity index (χ4v) is 2.18. The van der Waals surface area contributed by atoms with Crippen molar-refractivity contribution in [1.82, 2.24) is 14.9 Å². The van der Waals surface area contributed by atoms with Crippen molar-refractivity contribution in [3.05, 3.63) is 53.6 Å². The Labute approximate surface area is 109 Å². The number of benzene rings is 1. The van der Waals surface area contributed by atoms with E-state index in [0.717, 1.165) is 18.7 Å². The van der Waals surface area contributed by atoms with Crippen LogP contribution in [0.1, 0.15) is 29.4 Å². The van der Waals surface area contributed by atoms with E-state index in [1.807, 2.05) is 26.5 Å². The zero-order valence-corrected chi connectivity index (χ0v) is 11.4. The minimum Gasteiger partial charge on any atom is -0.337 e. The first-order chi connectivity index (χ1) is 8.70. The van der Waals surface area contributed by atoms with Crippen LogP contribution in [-0.4, -0.2) is 16.6 Å². The Morgan fingerprint density at radius 2 is 2.00 bits per heavy atom. The molecule has 96 valence electrons. The Bertz CT molecular complexity index is 485. The topological polar surface area (TPSA) is 29.9 Å². The van der Waals surface area contributed by atoms with Gasteiger partial charge >= 0.3 is 0 Å². The molecule has 1 aromatic carbocycles. The lowest BCUT2D eigenvalue weighted by Crippen LogP contribution is -2.20. The third-order valence-electron chi connectivity index (χ3n) is 3.36. The quantitative estimate of drug-likeness (QED) is 0.875. The number of nitrogens with zero attached hydrogens (tertiary/aromatic N) is 2. The van der Waals surface area contributed by atoms with Gasteiger partial charge in [-0.3, -0.25) is 0 Å². The minimum atomic E-state index is 0.311. The van der Waals surface area contributed by atoms with Crippen molar-refractivity contribution >= 4 is 0 Å². The highest BCUT2D eigenvalue weighted by atomic mass is 15.1. The molecule has 0 radical (unpaired) electrons. The van der Waals surface area contributed by atoms with Gasteiger partial charge in [0.1, 0.15) is 5.82 Å².